The van der Waals surface area contributed by atoms with Gasteiger partial charge in [0.15, 0.2) is 0 Å². The number of carboxylic acids is 1. The fourth-order valence-electron chi connectivity index (χ4n) is 3.23. The Morgan fingerprint density at radius 3 is 2.74 bits per heavy atom. The lowest BCUT2D eigenvalue weighted by molar-refractivity contribution is -0.137. The maximum atomic E-state index is 11.1. The third-order valence-corrected chi connectivity index (χ3v) is 4.17. The van der Waals surface area contributed by atoms with E-state index in [1.165, 1.54) is 12.8 Å². The summed E-state index contributed by atoms with van der Waals surface area (Å²) in [4.78, 5) is 11.1. The molecular formula is C16H18O3. The van der Waals surface area contributed by atoms with Gasteiger partial charge in [0.25, 0.3) is 0 Å². The molecule has 3 rings (SSSR count). The molecule has 0 saturated heterocycles. The topological polar surface area (TPSA) is 50.4 Å². The van der Waals surface area contributed by atoms with E-state index in [0.717, 1.165) is 29.6 Å². The van der Waals surface area contributed by atoms with E-state index < -0.39 is 5.97 Å². The van der Waals surface area contributed by atoms with Crippen molar-refractivity contribution >= 4 is 16.9 Å². The molecule has 0 spiro atoms. The van der Waals surface area contributed by atoms with Gasteiger partial charge in [0.1, 0.15) is 11.3 Å². The van der Waals surface area contributed by atoms with Crippen molar-refractivity contribution in [3.8, 4) is 0 Å². The SMILES string of the molecule is O=C(O)CC(c1cc2ccccc2o1)C1CCCC1. The largest absolute Gasteiger partial charge is 0.481 e. The minimum absolute atomic E-state index is 0.0207. The normalized spacial score (nSPS) is 17.9. The van der Waals surface area contributed by atoms with Crippen LogP contribution in [0.25, 0.3) is 11.0 Å². The lowest BCUT2D eigenvalue weighted by Crippen LogP contribution is -2.13. The number of para-hydroxylation sites is 1. The van der Waals surface area contributed by atoms with E-state index in [0.29, 0.717) is 5.92 Å². The predicted octanol–water partition coefficient (Wildman–Crippen LogP) is 4.18. The minimum Gasteiger partial charge on any atom is -0.481 e. The Morgan fingerprint density at radius 2 is 2.05 bits per heavy atom. The molecule has 0 bridgehead atoms. The first-order valence-corrected chi connectivity index (χ1v) is 6.94. The van der Waals surface area contributed by atoms with E-state index in [4.69, 9.17) is 9.52 Å². The first-order chi connectivity index (χ1) is 9.24. The quantitative estimate of drug-likeness (QED) is 0.894. The Hall–Kier alpha value is -1.77. The number of furan rings is 1. The highest BCUT2D eigenvalue weighted by atomic mass is 16.4. The van der Waals surface area contributed by atoms with Crippen LogP contribution in [0.4, 0.5) is 0 Å². The molecule has 1 unspecified atom stereocenters. The molecule has 1 aromatic heterocycles. The molecule has 100 valence electrons. The Morgan fingerprint density at radius 1 is 1.32 bits per heavy atom. The van der Waals surface area contributed by atoms with Crippen molar-refractivity contribution in [2.45, 2.75) is 38.0 Å². The van der Waals surface area contributed by atoms with E-state index >= 15 is 0 Å². The summed E-state index contributed by atoms with van der Waals surface area (Å²) in [5, 5.41) is 10.2. The zero-order valence-corrected chi connectivity index (χ0v) is 10.8. The van der Waals surface area contributed by atoms with Gasteiger partial charge < -0.3 is 9.52 Å². The Labute approximate surface area is 112 Å². The van der Waals surface area contributed by atoms with Crippen LogP contribution in [0, 0.1) is 5.92 Å². The molecule has 3 nitrogen and oxygen atoms in total. The summed E-state index contributed by atoms with van der Waals surface area (Å²) < 4.78 is 5.88. The second-order valence-corrected chi connectivity index (χ2v) is 5.44. The molecule has 1 N–H and O–H groups in total. The summed E-state index contributed by atoms with van der Waals surface area (Å²) >= 11 is 0. The monoisotopic (exact) mass is 258 g/mol. The Bertz CT molecular complexity index is 545. The molecule has 1 aliphatic carbocycles. The molecule has 0 aliphatic heterocycles. The number of hydrogen-bond acceptors (Lipinski definition) is 2. The molecule has 1 aliphatic rings. The fourth-order valence-corrected chi connectivity index (χ4v) is 3.23. The average molecular weight is 258 g/mol. The third kappa shape index (κ3) is 2.50. The summed E-state index contributed by atoms with van der Waals surface area (Å²) in [7, 11) is 0. The summed E-state index contributed by atoms with van der Waals surface area (Å²) in [6.45, 7) is 0. The highest BCUT2D eigenvalue weighted by Gasteiger charge is 2.30. The summed E-state index contributed by atoms with van der Waals surface area (Å²) in [6, 6.07) is 9.88. The Balaban J connectivity index is 1.95. The average Bonchev–Trinajstić information content (AvgIpc) is 3.04. The standard InChI is InChI=1S/C16H18O3/c17-16(18)10-13(11-5-1-2-6-11)15-9-12-7-3-4-8-14(12)19-15/h3-4,7-9,11,13H,1-2,5-6,10H2,(H,17,18). The summed E-state index contributed by atoms with van der Waals surface area (Å²) in [6.07, 6.45) is 4.83. The number of carboxylic acid groups (broad SMARTS) is 1. The van der Waals surface area contributed by atoms with Gasteiger partial charge in [-0.25, -0.2) is 0 Å². The minimum atomic E-state index is -0.739. The van der Waals surface area contributed by atoms with Crippen LogP contribution in [0.3, 0.4) is 0 Å². The van der Waals surface area contributed by atoms with Crippen molar-refractivity contribution in [1.82, 2.24) is 0 Å². The van der Waals surface area contributed by atoms with E-state index in [1.54, 1.807) is 0 Å². The predicted molar refractivity (Wildman–Crippen MR) is 73.2 cm³/mol. The van der Waals surface area contributed by atoms with Crippen LogP contribution in [0.15, 0.2) is 34.7 Å². The smallest absolute Gasteiger partial charge is 0.304 e. The van der Waals surface area contributed by atoms with Gasteiger partial charge >= 0.3 is 5.97 Å². The molecule has 1 atom stereocenters. The van der Waals surface area contributed by atoms with Crippen molar-refractivity contribution < 1.29 is 14.3 Å². The zero-order chi connectivity index (χ0) is 13.2. The van der Waals surface area contributed by atoms with Crippen molar-refractivity contribution in [1.29, 1.82) is 0 Å². The second-order valence-electron chi connectivity index (χ2n) is 5.44. The van der Waals surface area contributed by atoms with Crippen LogP contribution in [0.1, 0.15) is 43.8 Å². The second kappa shape index (κ2) is 5.08. The molecule has 0 radical (unpaired) electrons. The van der Waals surface area contributed by atoms with E-state index in [9.17, 15) is 4.79 Å². The van der Waals surface area contributed by atoms with Crippen molar-refractivity contribution in [3.05, 3.63) is 36.1 Å². The fraction of sp³-hybridized carbons (Fsp3) is 0.438. The van der Waals surface area contributed by atoms with Crippen molar-refractivity contribution in [3.63, 3.8) is 0 Å². The molecular weight excluding hydrogens is 240 g/mol. The molecule has 3 heteroatoms. The molecule has 1 aromatic carbocycles. The van der Waals surface area contributed by atoms with Crippen LogP contribution < -0.4 is 0 Å². The lowest BCUT2D eigenvalue weighted by atomic mass is 9.86. The number of benzene rings is 1. The maximum absolute atomic E-state index is 11.1. The molecule has 2 aromatic rings. The number of hydrogen-bond donors (Lipinski definition) is 1. The van der Waals surface area contributed by atoms with Gasteiger partial charge in [-0.1, -0.05) is 31.0 Å². The molecule has 19 heavy (non-hydrogen) atoms. The first kappa shape index (κ1) is 12.3. The van der Waals surface area contributed by atoms with Gasteiger partial charge in [-0.15, -0.1) is 0 Å². The van der Waals surface area contributed by atoms with Crippen molar-refractivity contribution in [2.75, 3.05) is 0 Å². The summed E-state index contributed by atoms with van der Waals surface area (Å²) in [5.41, 5.74) is 0.853. The maximum Gasteiger partial charge on any atom is 0.304 e. The number of carbonyl (C=O) groups is 1. The molecule has 1 heterocycles. The number of fused-ring (bicyclic) bond motifs is 1. The van der Waals surface area contributed by atoms with Crippen LogP contribution >= 0.6 is 0 Å². The lowest BCUT2D eigenvalue weighted by Gasteiger charge is -2.19. The van der Waals surface area contributed by atoms with Gasteiger partial charge in [-0.2, -0.15) is 0 Å². The van der Waals surface area contributed by atoms with Gasteiger partial charge in [0.05, 0.1) is 6.42 Å². The highest BCUT2D eigenvalue weighted by Crippen LogP contribution is 2.40. The zero-order valence-electron chi connectivity index (χ0n) is 10.8. The van der Waals surface area contributed by atoms with Crippen molar-refractivity contribution in [2.24, 2.45) is 5.92 Å². The first-order valence-electron chi connectivity index (χ1n) is 6.94. The van der Waals surface area contributed by atoms with Gasteiger partial charge in [0.2, 0.25) is 0 Å². The number of rotatable bonds is 4. The van der Waals surface area contributed by atoms with E-state index in [1.807, 2.05) is 30.3 Å². The highest BCUT2D eigenvalue weighted by molar-refractivity contribution is 5.78. The molecule has 1 fully saturated rings. The van der Waals surface area contributed by atoms with E-state index in [2.05, 4.69) is 0 Å². The van der Waals surface area contributed by atoms with Gasteiger partial charge in [-0.05, 0) is 30.9 Å². The van der Waals surface area contributed by atoms with E-state index in [-0.39, 0.29) is 12.3 Å². The van der Waals surface area contributed by atoms with Crippen LogP contribution in [0.2, 0.25) is 0 Å². The molecule has 1 saturated carbocycles. The van der Waals surface area contributed by atoms with Gasteiger partial charge in [0, 0.05) is 11.3 Å². The third-order valence-electron chi connectivity index (χ3n) is 4.17. The van der Waals surface area contributed by atoms with Crippen LogP contribution in [0.5, 0.6) is 0 Å². The Kier molecular flexibility index (Phi) is 3.28. The van der Waals surface area contributed by atoms with Crippen LogP contribution in [-0.2, 0) is 4.79 Å². The summed E-state index contributed by atoms with van der Waals surface area (Å²) in [5.74, 6) is 0.580. The van der Waals surface area contributed by atoms with Crippen LogP contribution in [-0.4, -0.2) is 11.1 Å². The van der Waals surface area contributed by atoms with Gasteiger partial charge in [-0.3, -0.25) is 4.79 Å². The molecule has 0 amide bonds. The number of aliphatic carboxylic acids is 1.